The molecule has 7 nitrogen and oxygen atoms in total. The molecule has 0 spiro atoms. The zero-order valence-corrected chi connectivity index (χ0v) is 18.0. The number of rotatable bonds is 10. The molecule has 0 aliphatic carbocycles. The molecule has 2 aromatic rings. The predicted molar refractivity (Wildman–Crippen MR) is 112 cm³/mol. The van der Waals surface area contributed by atoms with Crippen LogP contribution in [0.3, 0.4) is 0 Å². The van der Waals surface area contributed by atoms with Crippen LogP contribution in [0.4, 0.5) is 10.1 Å². The second kappa shape index (κ2) is 10.3. The summed E-state index contributed by atoms with van der Waals surface area (Å²) < 4.78 is 44.9. The van der Waals surface area contributed by atoms with Crippen molar-refractivity contribution in [2.24, 2.45) is 0 Å². The number of ketones is 1. The summed E-state index contributed by atoms with van der Waals surface area (Å²) in [5, 5.41) is 2.61. The zero-order chi connectivity index (χ0) is 22.3. The largest absolute Gasteiger partial charge is 0.495 e. The Kier molecular flexibility index (Phi) is 8.08. The minimum Gasteiger partial charge on any atom is -0.495 e. The molecule has 0 unspecified atom stereocenters. The number of hydrogen-bond acceptors (Lipinski definition) is 5. The topological polar surface area (TPSA) is 92.8 Å². The van der Waals surface area contributed by atoms with Gasteiger partial charge >= 0.3 is 0 Å². The number of anilines is 1. The van der Waals surface area contributed by atoms with Gasteiger partial charge in [0.1, 0.15) is 11.6 Å². The van der Waals surface area contributed by atoms with Crippen molar-refractivity contribution in [1.29, 1.82) is 0 Å². The van der Waals surface area contributed by atoms with Crippen LogP contribution in [0.2, 0.25) is 0 Å². The van der Waals surface area contributed by atoms with E-state index in [1.165, 1.54) is 53.9 Å². The van der Waals surface area contributed by atoms with Gasteiger partial charge in [0.2, 0.25) is 15.9 Å². The van der Waals surface area contributed by atoms with Crippen LogP contribution in [-0.2, 0) is 14.8 Å². The minimum atomic E-state index is -3.71. The second-order valence-electron chi connectivity index (χ2n) is 6.43. The van der Waals surface area contributed by atoms with E-state index in [9.17, 15) is 22.4 Å². The van der Waals surface area contributed by atoms with Gasteiger partial charge in [-0.15, -0.1) is 0 Å². The average Bonchev–Trinajstić information content (AvgIpc) is 2.73. The molecule has 0 radical (unpaired) electrons. The van der Waals surface area contributed by atoms with Gasteiger partial charge in [0.25, 0.3) is 0 Å². The Bertz CT molecular complexity index is 1000. The van der Waals surface area contributed by atoms with Gasteiger partial charge in [0, 0.05) is 31.5 Å². The third-order valence-electron chi connectivity index (χ3n) is 4.53. The van der Waals surface area contributed by atoms with Gasteiger partial charge in [0.05, 0.1) is 17.7 Å². The van der Waals surface area contributed by atoms with Crippen LogP contribution >= 0.6 is 0 Å². The van der Waals surface area contributed by atoms with E-state index in [1.807, 2.05) is 0 Å². The van der Waals surface area contributed by atoms with E-state index in [0.29, 0.717) is 24.4 Å². The number of benzene rings is 2. The maximum Gasteiger partial charge on any atom is 0.243 e. The highest BCUT2D eigenvalue weighted by atomic mass is 32.2. The highest BCUT2D eigenvalue weighted by Crippen LogP contribution is 2.29. The number of methoxy groups -OCH3 is 1. The van der Waals surface area contributed by atoms with Gasteiger partial charge in [0.15, 0.2) is 5.78 Å². The summed E-state index contributed by atoms with van der Waals surface area (Å²) in [5.74, 6) is -0.918. The van der Waals surface area contributed by atoms with Gasteiger partial charge in [-0.3, -0.25) is 9.59 Å². The van der Waals surface area contributed by atoms with Crippen molar-refractivity contribution in [3.05, 3.63) is 53.8 Å². The Hall–Kier alpha value is -2.78. The van der Waals surface area contributed by atoms with Crippen molar-refractivity contribution in [3.63, 3.8) is 0 Å². The SMILES string of the molecule is CCN(CC)S(=O)(=O)c1ccc(OC)c(NC(=O)CCC(=O)c2ccc(F)cc2)c1. The highest BCUT2D eigenvalue weighted by Gasteiger charge is 2.23. The van der Waals surface area contributed by atoms with Crippen LogP contribution in [0.25, 0.3) is 0 Å². The van der Waals surface area contributed by atoms with Gasteiger partial charge in [-0.2, -0.15) is 4.31 Å². The second-order valence-corrected chi connectivity index (χ2v) is 8.37. The van der Waals surface area contributed by atoms with Crippen molar-refractivity contribution < 1.29 is 27.1 Å². The molecule has 30 heavy (non-hydrogen) atoms. The zero-order valence-electron chi connectivity index (χ0n) is 17.1. The van der Waals surface area contributed by atoms with Crippen LogP contribution < -0.4 is 10.1 Å². The number of nitrogens with zero attached hydrogens (tertiary/aromatic N) is 1. The van der Waals surface area contributed by atoms with Crippen LogP contribution in [0, 0.1) is 5.82 Å². The van der Waals surface area contributed by atoms with Gasteiger partial charge < -0.3 is 10.1 Å². The molecular weight excluding hydrogens is 411 g/mol. The van der Waals surface area contributed by atoms with E-state index < -0.39 is 21.7 Å². The fourth-order valence-corrected chi connectivity index (χ4v) is 4.36. The van der Waals surface area contributed by atoms with E-state index in [-0.39, 0.29) is 29.2 Å². The maximum atomic E-state index is 13.0. The Balaban J connectivity index is 2.13. The van der Waals surface area contributed by atoms with Crippen molar-refractivity contribution in [2.45, 2.75) is 31.6 Å². The van der Waals surface area contributed by atoms with Crippen LogP contribution in [-0.4, -0.2) is 44.6 Å². The molecule has 0 heterocycles. The molecule has 0 aromatic heterocycles. The molecule has 0 bridgehead atoms. The first-order valence-electron chi connectivity index (χ1n) is 9.49. The standard InChI is InChI=1S/C21H25FN2O5S/c1-4-24(5-2)30(27,28)17-10-12-20(29-3)18(14-17)23-21(26)13-11-19(25)15-6-8-16(22)9-7-15/h6-10,12,14H,4-5,11,13H2,1-3H3,(H,23,26). The van der Waals surface area contributed by atoms with Crippen molar-refractivity contribution in [3.8, 4) is 5.75 Å². The number of Topliss-reactive ketones (excluding diaryl/α,β-unsaturated/α-hetero) is 1. The number of amides is 1. The molecule has 0 aliphatic rings. The molecule has 0 fully saturated rings. The van der Waals surface area contributed by atoms with Crippen LogP contribution in [0.1, 0.15) is 37.0 Å². The summed E-state index contributed by atoms with van der Waals surface area (Å²) >= 11 is 0. The summed E-state index contributed by atoms with van der Waals surface area (Å²) in [4.78, 5) is 24.5. The van der Waals surface area contributed by atoms with Crippen LogP contribution in [0.15, 0.2) is 47.4 Å². The van der Waals surface area contributed by atoms with E-state index >= 15 is 0 Å². The lowest BCUT2D eigenvalue weighted by molar-refractivity contribution is -0.116. The fraction of sp³-hybridized carbons (Fsp3) is 0.333. The summed E-state index contributed by atoms with van der Waals surface area (Å²) in [5.41, 5.74) is 0.513. The summed E-state index contributed by atoms with van der Waals surface area (Å²) in [6, 6.07) is 9.31. The first kappa shape index (κ1) is 23.5. The number of carbonyl (C=O) groups excluding carboxylic acids is 2. The molecule has 162 valence electrons. The smallest absolute Gasteiger partial charge is 0.243 e. The van der Waals surface area contributed by atoms with Crippen molar-refractivity contribution in [2.75, 3.05) is 25.5 Å². The lowest BCUT2D eigenvalue weighted by atomic mass is 10.1. The van der Waals surface area contributed by atoms with Crippen LogP contribution in [0.5, 0.6) is 5.75 Å². The Labute approximate surface area is 175 Å². The fourth-order valence-electron chi connectivity index (χ4n) is 2.88. The molecule has 2 aromatic carbocycles. The van der Waals surface area contributed by atoms with Crippen molar-refractivity contribution >= 4 is 27.4 Å². The number of hydrogen-bond donors (Lipinski definition) is 1. The molecule has 9 heteroatoms. The van der Waals surface area contributed by atoms with Crippen molar-refractivity contribution in [1.82, 2.24) is 4.31 Å². The highest BCUT2D eigenvalue weighted by molar-refractivity contribution is 7.89. The number of ether oxygens (including phenoxy) is 1. The predicted octanol–water partition coefficient (Wildman–Crippen LogP) is 3.47. The number of sulfonamides is 1. The average molecular weight is 437 g/mol. The first-order chi connectivity index (χ1) is 14.2. The lowest BCUT2D eigenvalue weighted by Crippen LogP contribution is -2.30. The third kappa shape index (κ3) is 5.64. The molecule has 0 saturated heterocycles. The number of halogens is 1. The summed E-state index contributed by atoms with van der Waals surface area (Å²) in [6.45, 7) is 4.12. The molecule has 2 rings (SSSR count). The number of nitrogens with one attached hydrogen (secondary N) is 1. The summed E-state index contributed by atoms with van der Waals surface area (Å²) in [7, 11) is -2.30. The van der Waals surface area contributed by atoms with E-state index in [0.717, 1.165) is 0 Å². The normalized spacial score (nSPS) is 11.4. The molecule has 0 aliphatic heterocycles. The molecule has 1 N–H and O–H groups in total. The third-order valence-corrected chi connectivity index (χ3v) is 6.58. The summed E-state index contributed by atoms with van der Waals surface area (Å²) in [6.07, 6.45) is -0.191. The van der Waals surface area contributed by atoms with E-state index in [4.69, 9.17) is 4.74 Å². The number of carbonyl (C=O) groups is 2. The minimum absolute atomic E-state index is 0.0321. The molecule has 1 amide bonds. The Morgan fingerprint density at radius 3 is 2.23 bits per heavy atom. The van der Waals surface area contributed by atoms with Gasteiger partial charge in [-0.1, -0.05) is 13.8 Å². The van der Waals surface area contributed by atoms with Gasteiger partial charge in [-0.25, -0.2) is 12.8 Å². The van der Waals surface area contributed by atoms with E-state index in [1.54, 1.807) is 13.8 Å². The monoisotopic (exact) mass is 436 g/mol. The molecule has 0 saturated carbocycles. The van der Waals surface area contributed by atoms with Gasteiger partial charge in [-0.05, 0) is 42.5 Å². The Morgan fingerprint density at radius 2 is 1.67 bits per heavy atom. The Morgan fingerprint density at radius 1 is 1.03 bits per heavy atom. The molecule has 0 atom stereocenters. The quantitative estimate of drug-likeness (QED) is 0.576. The first-order valence-corrected chi connectivity index (χ1v) is 10.9. The lowest BCUT2D eigenvalue weighted by Gasteiger charge is -2.19. The molecular formula is C21H25FN2O5S. The van der Waals surface area contributed by atoms with E-state index in [2.05, 4.69) is 5.32 Å². The maximum absolute atomic E-state index is 13.0.